The van der Waals surface area contributed by atoms with Crippen LogP contribution in [0.15, 0.2) is 24.3 Å². The van der Waals surface area contributed by atoms with E-state index in [1.165, 1.54) is 19.1 Å². The first kappa shape index (κ1) is 20.8. The molecule has 0 spiro atoms. The van der Waals surface area contributed by atoms with E-state index in [9.17, 15) is 22.7 Å². The van der Waals surface area contributed by atoms with Crippen molar-refractivity contribution in [2.45, 2.75) is 51.0 Å². The largest absolute Gasteiger partial charge is 0.394 e. The average molecular weight is 388 g/mol. The van der Waals surface area contributed by atoms with Crippen molar-refractivity contribution in [1.82, 2.24) is 10.0 Å². The zero-order chi connectivity index (χ0) is 19.2. The number of halogens is 1. The van der Waals surface area contributed by atoms with E-state index in [1.807, 2.05) is 0 Å². The number of rotatable bonds is 8. The lowest BCUT2D eigenvalue weighted by molar-refractivity contribution is -0.130. The predicted octanol–water partition coefficient (Wildman–Crippen LogP) is 0.680. The summed E-state index contributed by atoms with van der Waals surface area (Å²) in [5.74, 6) is -0.598. The number of hydrogen-bond acceptors (Lipinski definition) is 5. The number of ether oxygens (including phenoxy) is 1. The molecule has 0 aromatic heterocycles. The molecule has 1 aromatic rings. The lowest BCUT2D eigenvalue weighted by Crippen LogP contribution is -2.51. The van der Waals surface area contributed by atoms with Crippen LogP contribution in [0.1, 0.15) is 31.7 Å². The topological polar surface area (TPSA) is 105 Å². The summed E-state index contributed by atoms with van der Waals surface area (Å²) in [4.78, 5) is 12.1. The van der Waals surface area contributed by atoms with E-state index in [0.29, 0.717) is 12.8 Å². The fourth-order valence-corrected chi connectivity index (χ4v) is 3.71. The van der Waals surface area contributed by atoms with Crippen LogP contribution in [0.4, 0.5) is 4.39 Å². The Hall–Kier alpha value is -1.55. The number of aliphatic hydroxyl groups is 1. The maximum absolute atomic E-state index is 12.9. The van der Waals surface area contributed by atoms with Gasteiger partial charge in [-0.3, -0.25) is 4.79 Å². The third kappa shape index (κ3) is 6.31. The van der Waals surface area contributed by atoms with Gasteiger partial charge >= 0.3 is 0 Å². The van der Waals surface area contributed by atoms with Gasteiger partial charge < -0.3 is 15.2 Å². The molecule has 1 aliphatic rings. The molecule has 1 aromatic carbocycles. The van der Waals surface area contributed by atoms with Gasteiger partial charge in [0, 0.05) is 6.54 Å². The monoisotopic (exact) mass is 388 g/mol. The van der Waals surface area contributed by atoms with E-state index in [0.717, 1.165) is 5.56 Å². The maximum atomic E-state index is 12.9. The molecule has 1 saturated heterocycles. The summed E-state index contributed by atoms with van der Waals surface area (Å²) in [6, 6.07) is 5.35. The van der Waals surface area contributed by atoms with E-state index >= 15 is 0 Å². The molecule has 9 heteroatoms. The predicted molar refractivity (Wildman–Crippen MR) is 94.2 cm³/mol. The fraction of sp³-hybridized carbons (Fsp3) is 0.588. The second-order valence-corrected chi connectivity index (χ2v) is 8.33. The van der Waals surface area contributed by atoms with Crippen molar-refractivity contribution in [3.05, 3.63) is 35.6 Å². The van der Waals surface area contributed by atoms with Crippen molar-refractivity contribution in [3.63, 3.8) is 0 Å². The Labute approximate surface area is 153 Å². The van der Waals surface area contributed by atoms with Gasteiger partial charge in [0.15, 0.2) is 0 Å². The van der Waals surface area contributed by atoms with E-state index in [1.54, 1.807) is 12.1 Å². The van der Waals surface area contributed by atoms with Gasteiger partial charge in [-0.25, -0.2) is 17.5 Å². The SMILES string of the molecule is CCS(=O)(=O)N[C@H]1CC[C@@H](CC(=O)NCc2ccc(F)cc2)O[C@@H]1CO. The Morgan fingerprint density at radius 1 is 1.31 bits per heavy atom. The minimum atomic E-state index is -3.39. The van der Waals surface area contributed by atoms with Crippen LogP contribution in [0, 0.1) is 5.82 Å². The Morgan fingerprint density at radius 2 is 2.00 bits per heavy atom. The maximum Gasteiger partial charge on any atom is 0.222 e. The highest BCUT2D eigenvalue weighted by molar-refractivity contribution is 7.89. The highest BCUT2D eigenvalue weighted by Gasteiger charge is 2.33. The first-order chi connectivity index (χ1) is 12.3. The minimum Gasteiger partial charge on any atom is -0.394 e. The smallest absolute Gasteiger partial charge is 0.222 e. The van der Waals surface area contributed by atoms with Crippen molar-refractivity contribution in [2.24, 2.45) is 0 Å². The lowest BCUT2D eigenvalue weighted by atomic mass is 9.98. The molecule has 0 bridgehead atoms. The number of nitrogens with one attached hydrogen (secondary N) is 2. The summed E-state index contributed by atoms with van der Waals surface area (Å²) in [7, 11) is -3.39. The zero-order valence-corrected chi connectivity index (χ0v) is 15.5. The molecule has 7 nitrogen and oxygen atoms in total. The molecule has 0 aliphatic carbocycles. The van der Waals surface area contributed by atoms with Crippen molar-refractivity contribution < 1.29 is 27.4 Å². The molecule has 1 amide bonds. The van der Waals surface area contributed by atoms with E-state index in [4.69, 9.17) is 4.74 Å². The van der Waals surface area contributed by atoms with Crippen LogP contribution in [0.2, 0.25) is 0 Å². The quantitative estimate of drug-likeness (QED) is 0.607. The molecule has 0 unspecified atom stereocenters. The summed E-state index contributed by atoms with van der Waals surface area (Å²) in [5.41, 5.74) is 0.784. The minimum absolute atomic E-state index is 0.0448. The summed E-state index contributed by atoms with van der Waals surface area (Å²) >= 11 is 0. The van der Waals surface area contributed by atoms with Gasteiger partial charge in [-0.1, -0.05) is 12.1 Å². The molecule has 146 valence electrons. The molecule has 2 rings (SSSR count). The molecule has 3 N–H and O–H groups in total. The van der Waals surface area contributed by atoms with Crippen LogP contribution >= 0.6 is 0 Å². The average Bonchev–Trinajstić information content (AvgIpc) is 2.62. The van der Waals surface area contributed by atoms with Gasteiger partial charge in [-0.2, -0.15) is 0 Å². The molecular formula is C17H25FN2O5S. The van der Waals surface area contributed by atoms with Crippen LogP contribution in [0.3, 0.4) is 0 Å². The van der Waals surface area contributed by atoms with Crippen LogP contribution in [0.25, 0.3) is 0 Å². The molecule has 26 heavy (non-hydrogen) atoms. The number of aliphatic hydroxyl groups excluding tert-OH is 1. The van der Waals surface area contributed by atoms with Gasteiger partial charge in [0.05, 0.1) is 37.0 Å². The van der Waals surface area contributed by atoms with Crippen molar-refractivity contribution in [2.75, 3.05) is 12.4 Å². The molecular weight excluding hydrogens is 363 g/mol. The van der Waals surface area contributed by atoms with E-state index < -0.39 is 22.2 Å². The van der Waals surface area contributed by atoms with Crippen molar-refractivity contribution in [3.8, 4) is 0 Å². The zero-order valence-electron chi connectivity index (χ0n) is 14.7. The van der Waals surface area contributed by atoms with Crippen LogP contribution < -0.4 is 10.0 Å². The summed E-state index contributed by atoms with van der Waals surface area (Å²) < 4.78 is 44.5. The Bertz CT molecular complexity index is 696. The third-order valence-electron chi connectivity index (χ3n) is 4.32. The molecule has 0 radical (unpaired) electrons. The van der Waals surface area contributed by atoms with E-state index in [2.05, 4.69) is 10.0 Å². The van der Waals surface area contributed by atoms with Crippen LogP contribution in [0.5, 0.6) is 0 Å². The summed E-state index contributed by atoms with van der Waals surface area (Å²) in [5, 5.41) is 12.2. The number of carbonyl (C=O) groups excluding carboxylic acids is 1. The third-order valence-corrected chi connectivity index (χ3v) is 5.74. The standard InChI is InChI=1S/C17H25FN2O5S/c1-2-26(23,24)20-15-8-7-14(25-16(15)11-21)9-17(22)19-10-12-3-5-13(18)6-4-12/h3-6,14-16,20-21H,2,7-11H2,1H3,(H,19,22)/t14-,15-,16+/m0/s1. The molecule has 1 heterocycles. The molecule has 3 atom stereocenters. The summed E-state index contributed by atoms with van der Waals surface area (Å²) in [6.07, 6.45) is 0.0468. The number of benzene rings is 1. The Balaban J connectivity index is 1.81. The number of carbonyl (C=O) groups is 1. The normalized spacial score (nSPS) is 23.6. The number of hydrogen-bond donors (Lipinski definition) is 3. The number of sulfonamides is 1. The second-order valence-electron chi connectivity index (χ2n) is 6.29. The molecule has 1 fully saturated rings. The lowest BCUT2D eigenvalue weighted by Gasteiger charge is -2.35. The fourth-order valence-electron chi connectivity index (χ4n) is 2.81. The van der Waals surface area contributed by atoms with Crippen LogP contribution in [-0.4, -0.2) is 50.0 Å². The van der Waals surface area contributed by atoms with Crippen LogP contribution in [-0.2, 0) is 26.1 Å². The van der Waals surface area contributed by atoms with Gasteiger partial charge in [0.25, 0.3) is 0 Å². The van der Waals surface area contributed by atoms with Gasteiger partial charge in [-0.15, -0.1) is 0 Å². The van der Waals surface area contributed by atoms with Gasteiger partial charge in [-0.05, 0) is 37.5 Å². The van der Waals surface area contributed by atoms with Crippen molar-refractivity contribution >= 4 is 15.9 Å². The molecule has 0 saturated carbocycles. The highest BCUT2D eigenvalue weighted by atomic mass is 32.2. The first-order valence-corrected chi connectivity index (χ1v) is 10.3. The van der Waals surface area contributed by atoms with Crippen molar-refractivity contribution in [1.29, 1.82) is 0 Å². The van der Waals surface area contributed by atoms with Gasteiger partial charge in [0.1, 0.15) is 5.82 Å². The summed E-state index contributed by atoms with van der Waals surface area (Å²) in [6.45, 7) is 1.49. The first-order valence-electron chi connectivity index (χ1n) is 8.60. The molecule has 1 aliphatic heterocycles. The van der Waals surface area contributed by atoms with E-state index in [-0.39, 0.29) is 43.2 Å². The highest BCUT2D eigenvalue weighted by Crippen LogP contribution is 2.22. The Morgan fingerprint density at radius 3 is 2.62 bits per heavy atom. The number of amides is 1. The van der Waals surface area contributed by atoms with Gasteiger partial charge in [0.2, 0.25) is 15.9 Å². The Kier molecular flexibility index (Phi) is 7.51. The second kappa shape index (κ2) is 9.40.